The van der Waals surface area contributed by atoms with Crippen LogP contribution in [0.15, 0.2) is 24.3 Å². The zero-order valence-corrected chi connectivity index (χ0v) is 16.9. The molecule has 0 aromatic heterocycles. The summed E-state index contributed by atoms with van der Waals surface area (Å²) < 4.78 is 16.5. The summed E-state index contributed by atoms with van der Waals surface area (Å²) in [5, 5.41) is 8.89. The third kappa shape index (κ3) is 4.21. The van der Waals surface area contributed by atoms with Gasteiger partial charge in [0.15, 0.2) is 0 Å². The Labute approximate surface area is 169 Å². The highest BCUT2D eigenvalue weighted by Crippen LogP contribution is 2.37. The zero-order valence-electron chi connectivity index (χ0n) is 16.9. The highest BCUT2D eigenvalue weighted by atomic mass is 16.5. The van der Waals surface area contributed by atoms with E-state index in [0.717, 1.165) is 22.4 Å². The maximum Gasteiger partial charge on any atom is 0.259 e. The largest absolute Gasteiger partial charge is 0.497 e. The van der Waals surface area contributed by atoms with Crippen molar-refractivity contribution in [2.24, 2.45) is 0 Å². The fraction of sp³-hybridized carbons (Fsp3) is 0.333. The summed E-state index contributed by atoms with van der Waals surface area (Å²) >= 11 is 0. The lowest BCUT2D eigenvalue weighted by Crippen LogP contribution is -2.38. The number of hydrogen-bond acceptors (Lipinski definition) is 6. The fourth-order valence-corrected chi connectivity index (χ4v) is 3.43. The van der Waals surface area contributed by atoms with Crippen LogP contribution in [-0.4, -0.2) is 39.7 Å². The summed E-state index contributed by atoms with van der Waals surface area (Å²) in [6.07, 6.45) is 0.237. The quantitative estimate of drug-likeness (QED) is 0.466. The Morgan fingerprint density at radius 3 is 2.41 bits per heavy atom. The van der Waals surface area contributed by atoms with E-state index in [9.17, 15) is 9.59 Å². The van der Waals surface area contributed by atoms with E-state index >= 15 is 0 Å². The molecule has 3 rings (SSSR count). The molecule has 1 aliphatic rings. The average molecular weight is 399 g/mol. The fourth-order valence-electron chi connectivity index (χ4n) is 3.43. The normalized spacial score (nSPS) is 14.9. The summed E-state index contributed by atoms with van der Waals surface area (Å²) in [5.41, 5.74) is 3.87. The molecule has 0 saturated heterocycles. The van der Waals surface area contributed by atoms with Gasteiger partial charge in [-0.1, -0.05) is 0 Å². The maximum atomic E-state index is 12.8. The summed E-state index contributed by atoms with van der Waals surface area (Å²) in [5.74, 6) is 1.59. The summed E-state index contributed by atoms with van der Waals surface area (Å²) in [6, 6.07) is 7.40. The first kappa shape index (κ1) is 20.3. The van der Waals surface area contributed by atoms with Crippen LogP contribution in [0.25, 0.3) is 0 Å². The van der Waals surface area contributed by atoms with Crippen LogP contribution in [0.1, 0.15) is 33.2 Å². The summed E-state index contributed by atoms with van der Waals surface area (Å²) in [6.45, 7) is 4.71. The van der Waals surface area contributed by atoms with Gasteiger partial charge in [0.1, 0.15) is 35.6 Å². The molecule has 3 N–H and O–H groups in total. The van der Waals surface area contributed by atoms with Gasteiger partial charge in [-0.3, -0.25) is 9.59 Å². The van der Waals surface area contributed by atoms with Crippen LogP contribution in [0, 0.1) is 13.8 Å². The second-order valence-corrected chi connectivity index (χ2v) is 6.71. The maximum absolute atomic E-state index is 12.8. The molecule has 0 fully saturated rings. The molecular formula is C21H25N3O5. The molecule has 0 spiro atoms. The number of anilines is 1. The molecule has 1 unspecified atom stereocenters. The van der Waals surface area contributed by atoms with Gasteiger partial charge in [0.25, 0.3) is 5.91 Å². The van der Waals surface area contributed by atoms with Crippen molar-refractivity contribution < 1.29 is 23.8 Å². The van der Waals surface area contributed by atoms with Crippen LogP contribution < -0.4 is 30.2 Å². The van der Waals surface area contributed by atoms with E-state index in [2.05, 4.69) is 16.0 Å². The first-order valence-corrected chi connectivity index (χ1v) is 9.23. The van der Waals surface area contributed by atoms with Crippen molar-refractivity contribution in [2.75, 3.05) is 32.7 Å². The molecule has 0 aliphatic carbocycles. The van der Waals surface area contributed by atoms with Gasteiger partial charge in [-0.05, 0) is 42.7 Å². The number of rotatable bonds is 8. The number of benzene rings is 2. The highest BCUT2D eigenvalue weighted by molar-refractivity contribution is 6.04. The number of amides is 2. The number of methoxy groups -OCH3 is 2. The standard InChI is InChI=1S/C21H25N3O5/c1-12-7-14(8-13(2)19(12)29-6-5-22-11-25)20-23-16-9-15(27-3)10-17(28-4)18(16)21(26)24-20/h7-11,20,23H,5-6H2,1-4H3,(H,22,25)(H,24,26). The van der Waals surface area contributed by atoms with Gasteiger partial charge in [-0.25, -0.2) is 0 Å². The minimum absolute atomic E-state index is 0.223. The predicted molar refractivity (Wildman–Crippen MR) is 109 cm³/mol. The molecule has 8 nitrogen and oxygen atoms in total. The lowest BCUT2D eigenvalue weighted by molar-refractivity contribution is -0.109. The molecule has 8 heteroatoms. The smallest absolute Gasteiger partial charge is 0.259 e. The molecule has 29 heavy (non-hydrogen) atoms. The molecule has 2 aromatic rings. The van der Waals surface area contributed by atoms with Crippen molar-refractivity contribution in [3.05, 3.63) is 46.5 Å². The first-order chi connectivity index (χ1) is 14.0. The number of fused-ring (bicyclic) bond motifs is 1. The molecule has 1 aliphatic heterocycles. The topological polar surface area (TPSA) is 97.9 Å². The van der Waals surface area contributed by atoms with Crippen molar-refractivity contribution in [3.8, 4) is 17.2 Å². The Bertz CT molecular complexity index is 906. The van der Waals surface area contributed by atoms with Gasteiger partial charge in [-0.2, -0.15) is 0 Å². The van der Waals surface area contributed by atoms with E-state index in [4.69, 9.17) is 14.2 Å². The zero-order chi connectivity index (χ0) is 21.0. The predicted octanol–water partition coefficient (Wildman–Crippen LogP) is 2.30. The van der Waals surface area contributed by atoms with E-state index in [1.165, 1.54) is 7.11 Å². The summed E-state index contributed by atoms with van der Waals surface area (Å²) in [4.78, 5) is 23.1. The minimum Gasteiger partial charge on any atom is -0.497 e. The van der Waals surface area contributed by atoms with Crippen LogP contribution in [-0.2, 0) is 4.79 Å². The SMILES string of the molecule is COc1cc2c(c(OC)c1)C(=O)NC(c1cc(C)c(OCCNC=O)c(C)c1)N2. The monoisotopic (exact) mass is 399 g/mol. The Morgan fingerprint density at radius 2 is 1.79 bits per heavy atom. The number of nitrogens with one attached hydrogen (secondary N) is 3. The third-order valence-electron chi connectivity index (χ3n) is 4.73. The van der Waals surface area contributed by atoms with Gasteiger partial charge in [-0.15, -0.1) is 0 Å². The molecular weight excluding hydrogens is 374 g/mol. The Hall–Kier alpha value is -3.42. The average Bonchev–Trinajstić information content (AvgIpc) is 2.71. The van der Waals surface area contributed by atoms with E-state index in [1.807, 2.05) is 26.0 Å². The summed E-state index contributed by atoms with van der Waals surface area (Å²) in [7, 11) is 3.09. The Balaban J connectivity index is 1.87. The lowest BCUT2D eigenvalue weighted by Gasteiger charge is -2.30. The molecule has 0 saturated carbocycles. The van der Waals surface area contributed by atoms with E-state index < -0.39 is 6.17 Å². The van der Waals surface area contributed by atoms with Gasteiger partial charge in [0.2, 0.25) is 6.41 Å². The van der Waals surface area contributed by atoms with Crippen LogP contribution in [0.3, 0.4) is 0 Å². The molecule has 1 atom stereocenters. The van der Waals surface area contributed by atoms with Crippen LogP contribution >= 0.6 is 0 Å². The Morgan fingerprint density at radius 1 is 1.07 bits per heavy atom. The van der Waals surface area contributed by atoms with Crippen molar-refractivity contribution in [3.63, 3.8) is 0 Å². The third-order valence-corrected chi connectivity index (χ3v) is 4.73. The van der Waals surface area contributed by atoms with Crippen LogP contribution in [0.5, 0.6) is 17.2 Å². The van der Waals surface area contributed by atoms with Crippen molar-refractivity contribution in [1.82, 2.24) is 10.6 Å². The molecule has 2 aromatic carbocycles. The Kier molecular flexibility index (Phi) is 6.11. The molecule has 2 amide bonds. The number of aryl methyl sites for hydroxylation is 2. The van der Waals surface area contributed by atoms with Crippen molar-refractivity contribution in [2.45, 2.75) is 20.0 Å². The van der Waals surface area contributed by atoms with E-state index in [1.54, 1.807) is 19.2 Å². The van der Waals surface area contributed by atoms with Crippen molar-refractivity contribution >= 4 is 18.0 Å². The second kappa shape index (κ2) is 8.72. The van der Waals surface area contributed by atoms with Crippen LogP contribution in [0.4, 0.5) is 5.69 Å². The highest BCUT2D eigenvalue weighted by Gasteiger charge is 2.29. The first-order valence-electron chi connectivity index (χ1n) is 9.23. The molecule has 0 bridgehead atoms. The number of carbonyl (C=O) groups excluding carboxylic acids is 2. The van der Waals surface area contributed by atoms with Gasteiger partial charge >= 0.3 is 0 Å². The van der Waals surface area contributed by atoms with Gasteiger partial charge in [0, 0.05) is 12.1 Å². The molecule has 1 heterocycles. The lowest BCUT2D eigenvalue weighted by atomic mass is 10.0. The number of carbonyl (C=O) groups is 2. The van der Waals surface area contributed by atoms with Gasteiger partial charge < -0.3 is 30.2 Å². The second-order valence-electron chi connectivity index (χ2n) is 6.71. The van der Waals surface area contributed by atoms with E-state index in [-0.39, 0.29) is 5.91 Å². The molecule has 0 radical (unpaired) electrons. The van der Waals surface area contributed by atoms with E-state index in [0.29, 0.717) is 42.3 Å². The molecule has 154 valence electrons. The van der Waals surface area contributed by atoms with Crippen LogP contribution in [0.2, 0.25) is 0 Å². The van der Waals surface area contributed by atoms with Crippen molar-refractivity contribution in [1.29, 1.82) is 0 Å². The minimum atomic E-state index is -0.407. The van der Waals surface area contributed by atoms with Gasteiger partial charge in [0.05, 0.1) is 26.5 Å². The number of hydrogen-bond donors (Lipinski definition) is 3. The number of ether oxygens (including phenoxy) is 3.